The van der Waals surface area contributed by atoms with Gasteiger partial charge in [0.1, 0.15) is 10.6 Å². The highest BCUT2D eigenvalue weighted by molar-refractivity contribution is 7.89. The molecule has 1 amide bonds. The zero-order valence-electron chi connectivity index (χ0n) is 20.9. The van der Waals surface area contributed by atoms with E-state index in [4.69, 9.17) is 27.9 Å². The Morgan fingerprint density at radius 2 is 1.79 bits per heavy atom. The number of amides is 1. The van der Waals surface area contributed by atoms with Gasteiger partial charge >= 0.3 is 6.18 Å². The second kappa shape index (κ2) is 12.2. The quantitative estimate of drug-likeness (QED) is 0.316. The molecule has 1 saturated carbocycles. The maximum absolute atomic E-state index is 13.2. The number of carbonyl (C=O) groups excluding carboxylic acids is 1. The van der Waals surface area contributed by atoms with Crippen molar-refractivity contribution in [2.24, 2.45) is 0 Å². The normalized spacial score (nSPS) is 20.1. The molecule has 39 heavy (non-hydrogen) atoms. The zero-order valence-corrected chi connectivity index (χ0v) is 23.2. The van der Waals surface area contributed by atoms with E-state index in [9.17, 15) is 31.5 Å². The fourth-order valence-electron chi connectivity index (χ4n) is 4.96. The number of hydrogen-bond acceptors (Lipinski definition) is 5. The van der Waals surface area contributed by atoms with Crippen LogP contribution in [0.2, 0.25) is 10.0 Å². The van der Waals surface area contributed by atoms with Gasteiger partial charge in [0.2, 0.25) is 10.0 Å². The molecular formula is C26H29Cl2F3N2O5S. The van der Waals surface area contributed by atoms with Crippen LogP contribution in [0.1, 0.15) is 72.5 Å². The van der Waals surface area contributed by atoms with Crippen molar-refractivity contribution in [3.8, 4) is 5.75 Å². The largest absolute Gasteiger partial charge is 0.494 e. The molecule has 13 heteroatoms. The van der Waals surface area contributed by atoms with E-state index in [1.165, 1.54) is 6.07 Å². The second-order valence-electron chi connectivity index (χ2n) is 9.87. The summed E-state index contributed by atoms with van der Waals surface area (Å²) in [5.74, 6) is -0.421. The smallest absolute Gasteiger partial charge is 0.389 e. The van der Waals surface area contributed by atoms with E-state index in [0.29, 0.717) is 24.2 Å². The van der Waals surface area contributed by atoms with E-state index in [1.807, 2.05) is 0 Å². The molecule has 0 saturated heterocycles. The summed E-state index contributed by atoms with van der Waals surface area (Å²) in [6.07, 6.45) is -1.90. The number of carbonyl (C=O) groups is 1. The maximum Gasteiger partial charge on any atom is 0.389 e. The lowest BCUT2D eigenvalue weighted by Crippen LogP contribution is -2.37. The average molecular weight is 609 g/mol. The molecule has 0 radical (unpaired) electrons. The Morgan fingerprint density at radius 1 is 1.08 bits per heavy atom. The van der Waals surface area contributed by atoms with Crippen molar-refractivity contribution < 1.29 is 36.2 Å². The van der Waals surface area contributed by atoms with E-state index in [-0.39, 0.29) is 46.0 Å². The van der Waals surface area contributed by atoms with Gasteiger partial charge in [-0.2, -0.15) is 13.2 Å². The van der Waals surface area contributed by atoms with Crippen molar-refractivity contribution in [2.75, 3.05) is 6.61 Å². The first-order valence-electron chi connectivity index (χ1n) is 12.7. The van der Waals surface area contributed by atoms with Crippen LogP contribution in [0.15, 0.2) is 35.2 Å². The van der Waals surface area contributed by atoms with Gasteiger partial charge in [-0.1, -0.05) is 48.5 Å². The van der Waals surface area contributed by atoms with E-state index < -0.39 is 40.7 Å². The highest BCUT2D eigenvalue weighted by Crippen LogP contribution is 2.36. The van der Waals surface area contributed by atoms with E-state index >= 15 is 0 Å². The molecule has 2 atom stereocenters. The van der Waals surface area contributed by atoms with Crippen molar-refractivity contribution in [1.82, 2.24) is 10.0 Å². The first-order valence-corrected chi connectivity index (χ1v) is 14.9. The molecule has 1 unspecified atom stereocenters. The molecule has 2 aliphatic rings. The lowest BCUT2D eigenvalue weighted by Gasteiger charge is -2.23. The fourth-order valence-corrected chi connectivity index (χ4v) is 7.12. The summed E-state index contributed by atoms with van der Waals surface area (Å²) in [7, 11) is -4.03. The van der Waals surface area contributed by atoms with Crippen LogP contribution in [0.3, 0.4) is 0 Å². The Bertz CT molecular complexity index is 1320. The molecule has 0 heterocycles. The van der Waals surface area contributed by atoms with Crippen molar-refractivity contribution in [3.05, 3.63) is 57.1 Å². The molecule has 4 rings (SSSR count). The predicted octanol–water partition coefficient (Wildman–Crippen LogP) is 5.71. The molecule has 0 aliphatic heterocycles. The minimum absolute atomic E-state index is 0.0661. The lowest BCUT2D eigenvalue weighted by molar-refractivity contribution is -0.136. The van der Waals surface area contributed by atoms with Crippen molar-refractivity contribution in [2.45, 2.75) is 80.6 Å². The SMILES string of the molecule is O=C(N[C@H]1c2cc(OCCCC(F)(F)F)ccc2CC1O)c1cc(S(=O)(=O)NC2CCCCC2)c(Cl)cc1Cl. The van der Waals surface area contributed by atoms with Gasteiger partial charge in [0.15, 0.2) is 0 Å². The van der Waals surface area contributed by atoms with Crippen LogP contribution in [0, 0.1) is 0 Å². The zero-order chi connectivity index (χ0) is 28.4. The summed E-state index contributed by atoms with van der Waals surface area (Å²) < 4.78 is 71.4. The molecule has 1 fully saturated rings. The van der Waals surface area contributed by atoms with E-state index in [0.717, 1.165) is 30.9 Å². The van der Waals surface area contributed by atoms with Crippen LogP contribution in [-0.4, -0.2) is 44.4 Å². The molecule has 214 valence electrons. The fraction of sp³-hybridized carbons (Fsp3) is 0.500. The van der Waals surface area contributed by atoms with Crippen molar-refractivity contribution >= 4 is 39.1 Å². The van der Waals surface area contributed by atoms with Gasteiger partial charge in [-0.25, -0.2) is 13.1 Å². The second-order valence-corrected chi connectivity index (χ2v) is 12.4. The number of nitrogens with one attached hydrogen (secondary N) is 2. The molecule has 3 N–H and O–H groups in total. The lowest BCUT2D eigenvalue weighted by atomic mass is 9.96. The van der Waals surface area contributed by atoms with Gasteiger partial charge in [0, 0.05) is 18.9 Å². The Hall–Kier alpha value is -2.05. The molecule has 7 nitrogen and oxygen atoms in total. The van der Waals surface area contributed by atoms with Gasteiger partial charge in [-0.3, -0.25) is 4.79 Å². The molecule has 2 aromatic carbocycles. The number of benzene rings is 2. The minimum Gasteiger partial charge on any atom is -0.494 e. The summed E-state index contributed by atoms with van der Waals surface area (Å²) in [5.41, 5.74) is 1.14. The number of fused-ring (bicyclic) bond motifs is 1. The third-order valence-electron chi connectivity index (χ3n) is 6.91. The Morgan fingerprint density at radius 3 is 2.49 bits per heavy atom. The average Bonchev–Trinajstić information content (AvgIpc) is 3.15. The summed E-state index contributed by atoms with van der Waals surface area (Å²) in [4.78, 5) is 13.0. The summed E-state index contributed by atoms with van der Waals surface area (Å²) >= 11 is 12.5. The monoisotopic (exact) mass is 608 g/mol. The molecule has 0 spiro atoms. The van der Waals surface area contributed by atoms with Crippen LogP contribution in [0.25, 0.3) is 0 Å². The first kappa shape index (κ1) is 29.9. The van der Waals surface area contributed by atoms with Crippen molar-refractivity contribution in [3.63, 3.8) is 0 Å². The third-order valence-corrected chi connectivity index (χ3v) is 9.21. The van der Waals surface area contributed by atoms with Crippen LogP contribution in [0.5, 0.6) is 5.75 Å². The van der Waals surface area contributed by atoms with Crippen LogP contribution >= 0.6 is 23.2 Å². The number of sulfonamides is 1. The number of ether oxygens (including phenoxy) is 1. The van der Waals surface area contributed by atoms with Gasteiger partial charge < -0.3 is 15.2 Å². The van der Waals surface area contributed by atoms with Gasteiger partial charge in [-0.15, -0.1) is 0 Å². The Kier molecular flexibility index (Phi) is 9.37. The molecule has 2 aliphatic carbocycles. The number of alkyl halides is 3. The topological polar surface area (TPSA) is 105 Å². The van der Waals surface area contributed by atoms with Gasteiger partial charge in [0.25, 0.3) is 5.91 Å². The number of aliphatic hydroxyl groups excluding tert-OH is 1. The summed E-state index contributed by atoms with van der Waals surface area (Å²) in [5, 5.41) is 13.1. The van der Waals surface area contributed by atoms with Crippen LogP contribution in [0.4, 0.5) is 13.2 Å². The number of rotatable bonds is 9. The highest BCUT2D eigenvalue weighted by atomic mass is 35.5. The minimum atomic E-state index is -4.27. The molecule has 0 aromatic heterocycles. The number of aliphatic hydroxyl groups is 1. The van der Waals surface area contributed by atoms with E-state index in [2.05, 4.69) is 10.0 Å². The molecular weight excluding hydrogens is 580 g/mol. The molecule has 2 aromatic rings. The summed E-state index contributed by atoms with van der Waals surface area (Å²) in [6, 6.07) is 6.06. The van der Waals surface area contributed by atoms with Gasteiger partial charge in [0.05, 0.1) is 34.4 Å². The number of halogens is 5. The van der Waals surface area contributed by atoms with Crippen LogP contribution < -0.4 is 14.8 Å². The third kappa shape index (κ3) is 7.58. The highest BCUT2D eigenvalue weighted by Gasteiger charge is 2.34. The van der Waals surface area contributed by atoms with Crippen LogP contribution in [-0.2, 0) is 16.4 Å². The number of hydrogen-bond donors (Lipinski definition) is 3. The predicted molar refractivity (Wildman–Crippen MR) is 141 cm³/mol. The summed E-state index contributed by atoms with van der Waals surface area (Å²) in [6.45, 7) is -0.148. The standard InChI is InChI=1S/C26H29Cl2F3N2O5S/c27-20-14-21(28)23(39(36,37)33-16-5-2-1-3-6-16)13-19(20)25(35)32-24-18-12-17(8-7-15(18)11-22(24)34)38-10-4-9-26(29,30)31/h7-8,12-14,16,22,24,33-34H,1-6,9-11H2,(H,32,35)/t22?,24-/m0/s1. The van der Waals surface area contributed by atoms with Crippen molar-refractivity contribution in [1.29, 1.82) is 0 Å². The Balaban J connectivity index is 1.50. The van der Waals surface area contributed by atoms with E-state index in [1.54, 1.807) is 18.2 Å². The van der Waals surface area contributed by atoms with Gasteiger partial charge in [-0.05, 0) is 54.7 Å². The molecule has 0 bridgehead atoms. The Labute approximate surface area is 235 Å². The maximum atomic E-state index is 13.2. The first-order chi connectivity index (χ1) is 18.3.